The van der Waals surface area contributed by atoms with Crippen LogP contribution in [-0.2, 0) is 4.74 Å². The average molecular weight is 342 g/mol. The van der Waals surface area contributed by atoms with Crippen LogP contribution in [0, 0.1) is 0 Å². The van der Waals surface area contributed by atoms with Crippen LogP contribution in [0.15, 0.2) is 4.99 Å². The van der Waals surface area contributed by atoms with Crippen molar-refractivity contribution in [2.45, 2.75) is 39.0 Å². The number of guanidine groups is 1. The maximum absolute atomic E-state index is 5.10. The predicted octanol–water partition coefficient (Wildman–Crippen LogP) is 1.39. The summed E-state index contributed by atoms with van der Waals surface area (Å²) in [6.45, 7) is 11.3. The van der Waals surface area contributed by atoms with E-state index in [0.29, 0.717) is 0 Å². The highest BCUT2D eigenvalue weighted by atomic mass is 16.5. The van der Waals surface area contributed by atoms with E-state index in [1.807, 2.05) is 0 Å². The molecular weight excluding hydrogens is 302 g/mol. The summed E-state index contributed by atoms with van der Waals surface area (Å²) in [7, 11) is 3.86. The Kier molecular flexibility index (Phi) is 12.8. The average Bonchev–Trinajstić information content (AvgIpc) is 2.85. The first kappa shape index (κ1) is 21.2. The summed E-state index contributed by atoms with van der Waals surface area (Å²) < 4.78 is 5.10. The van der Waals surface area contributed by atoms with E-state index in [0.717, 1.165) is 51.7 Å². The summed E-state index contributed by atoms with van der Waals surface area (Å²) >= 11 is 0. The van der Waals surface area contributed by atoms with Crippen LogP contribution in [-0.4, -0.2) is 88.9 Å². The molecule has 6 nitrogen and oxygen atoms in total. The van der Waals surface area contributed by atoms with Crippen molar-refractivity contribution >= 4 is 5.96 Å². The number of hydrogen-bond acceptors (Lipinski definition) is 4. The van der Waals surface area contributed by atoms with Crippen molar-refractivity contribution in [2.75, 3.05) is 73.1 Å². The summed E-state index contributed by atoms with van der Waals surface area (Å²) in [6, 6.07) is 0. The summed E-state index contributed by atoms with van der Waals surface area (Å²) in [5.41, 5.74) is 0. The minimum Gasteiger partial charge on any atom is -0.383 e. The second-order valence-corrected chi connectivity index (χ2v) is 6.59. The zero-order valence-corrected chi connectivity index (χ0v) is 16.1. The predicted molar refractivity (Wildman–Crippen MR) is 103 cm³/mol. The molecule has 0 radical (unpaired) electrons. The zero-order chi connectivity index (χ0) is 17.5. The van der Waals surface area contributed by atoms with Crippen molar-refractivity contribution < 1.29 is 4.74 Å². The van der Waals surface area contributed by atoms with Crippen molar-refractivity contribution in [1.82, 2.24) is 20.4 Å². The lowest BCUT2D eigenvalue weighted by molar-refractivity contribution is 0.162. The van der Waals surface area contributed by atoms with Crippen molar-refractivity contribution in [3.05, 3.63) is 0 Å². The van der Waals surface area contributed by atoms with E-state index in [1.165, 1.54) is 45.3 Å². The monoisotopic (exact) mass is 341 g/mol. The lowest BCUT2D eigenvalue weighted by atomic mass is 10.2. The molecule has 0 spiro atoms. The molecule has 0 aromatic rings. The van der Waals surface area contributed by atoms with E-state index in [-0.39, 0.29) is 0 Å². The number of likely N-dealkylation sites (N-methyl/N-ethyl adjacent to an activating group) is 1. The Bertz CT molecular complexity index is 317. The molecule has 1 aliphatic heterocycles. The van der Waals surface area contributed by atoms with E-state index < -0.39 is 0 Å². The second kappa shape index (κ2) is 14.5. The van der Waals surface area contributed by atoms with E-state index in [9.17, 15) is 0 Å². The van der Waals surface area contributed by atoms with E-state index >= 15 is 0 Å². The third-order valence-electron chi connectivity index (χ3n) is 4.41. The van der Waals surface area contributed by atoms with Crippen LogP contribution in [0.3, 0.4) is 0 Å². The Morgan fingerprint density at radius 2 is 1.88 bits per heavy atom. The van der Waals surface area contributed by atoms with E-state index in [1.54, 1.807) is 7.11 Å². The van der Waals surface area contributed by atoms with Gasteiger partial charge >= 0.3 is 0 Å². The largest absolute Gasteiger partial charge is 0.383 e. The van der Waals surface area contributed by atoms with Crippen LogP contribution in [0.5, 0.6) is 0 Å². The molecule has 6 heteroatoms. The molecule has 1 heterocycles. The fourth-order valence-electron chi connectivity index (χ4n) is 2.91. The first-order chi connectivity index (χ1) is 11.8. The Labute approximate surface area is 149 Å². The Balaban J connectivity index is 2.18. The van der Waals surface area contributed by atoms with Crippen LogP contribution in [0.25, 0.3) is 0 Å². The highest BCUT2D eigenvalue weighted by Crippen LogP contribution is 2.09. The van der Waals surface area contributed by atoms with Gasteiger partial charge in [0.15, 0.2) is 5.96 Å². The molecule has 1 rings (SSSR count). The first-order valence-electron chi connectivity index (χ1n) is 9.68. The molecule has 1 aliphatic rings. The molecular formula is C18H39N5O. The van der Waals surface area contributed by atoms with Crippen LogP contribution in [0.4, 0.5) is 0 Å². The fraction of sp³-hybridized carbons (Fsp3) is 0.944. The van der Waals surface area contributed by atoms with Gasteiger partial charge in [0, 0.05) is 39.8 Å². The molecule has 0 atom stereocenters. The maximum atomic E-state index is 5.10. The van der Waals surface area contributed by atoms with Crippen LogP contribution in [0.2, 0.25) is 0 Å². The molecule has 142 valence electrons. The number of hydrogen-bond donors (Lipinski definition) is 2. The number of ether oxygens (including phenoxy) is 1. The Hall–Kier alpha value is -0.850. The van der Waals surface area contributed by atoms with Gasteiger partial charge in [-0.15, -0.1) is 0 Å². The standard InChI is InChI=1S/C18H39N5O/c1-4-19-18(21-11-15-22(2)16-17-24-3)20-10-9-14-23-12-7-5-6-8-13-23/h4-17H2,1-3H3,(H2,19,20,21). The first-order valence-corrected chi connectivity index (χ1v) is 9.68. The van der Waals surface area contributed by atoms with Crippen LogP contribution in [0.1, 0.15) is 39.0 Å². The van der Waals surface area contributed by atoms with Crippen molar-refractivity contribution in [2.24, 2.45) is 4.99 Å². The molecule has 0 aliphatic carbocycles. The molecule has 1 fully saturated rings. The highest BCUT2D eigenvalue weighted by Gasteiger charge is 2.08. The van der Waals surface area contributed by atoms with E-state index in [2.05, 4.69) is 34.4 Å². The molecule has 0 unspecified atom stereocenters. The minimum atomic E-state index is 0.779. The quantitative estimate of drug-likeness (QED) is 0.338. The SMILES string of the molecule is CCNC(=NCCCN1CCCCCC1)NCCN(C)CCOC. The number of nitrogens with one attached hydrogen (secondary N) is 2. The molecule has 0 aromatic carbocycles. The molecule has 1 saturated heterocycles. The topological polar surface area (TPSA) is 52.1 Å². The Morgan fingerprint density at radius 3 is 2.54 bits per heavy atom. The third-order valence-corrected chi connectivity index (χ3v) is 4.41. The van der Waals surface area contributed by atoms with Crippen molar-refractivity contribution in [3.63, 3.8) is 0 Å². The van der Waals surface area contributed by atoms with Gasteiger partial charge in [0.25, 0.3) is 0 Å². The summed E-state index contributed by atoms with van der Waals surface area (Å²) in [5.74, 6) is 0.938. The Morgan fingerprint density at radius 1 is 1.12 bits per heavy atom. The smallest absolute Gasteiger partial charge is 0.191 e. The number of likely N-dealkylation sites (tertiary alicyclic amines) is 1. The lowest BCUT2D eigenvalue weighted by Crippen LogP contribution is -2.41. The fourth-order valence-corrected chi connectivity index (χ4v) is 2.91. The summed E-state index contributed by atoms with van der Waals surface area (Å²) in [4.78, 5) is 9.57. The molecule has 2 N–H and O–H groups in total. The molecule has 0 bridgehead atoms. The molecule has 24 heavy (non-hydrogen) atoms. The maximum Gasteiger partial charge on any atom is 0.191 e. The summed E-state index contributed by atoms with van der Waals surface area (Å²) in [5, 5.41) is 6.75. The highest BCUT2D eigenvalue weighted by molar-refractivity contribution is 5.79. The van der Waals surface area contributed by atoms with Gasteiger partial charge in [-0.25, -0.2) is 0 Å². The van der Waals surface area contributed by atoms with Crippen molar-refractivity contribution in [1.29, 1.82) is 0 Å². The van der Waals surface area contributed by atoms with Gasteiger partial charge < -0.3 is 25.2 Å². The lowest BCUT2D eigenvalue weighted by Gasteiger charge is -2.19. The van der Waals surface area contributed by atoms with Gasteiger partial charge in [0.05, 0.1) is 6.61 Å². The number of rotatable bonds is 11. The molecule has 0 aromatic heterocycles. The second-order valence-electron chi connectivity index (χ2n) is 6.59. The number of aliphatic imine (C=N–C) groups is 1. The van der Waals surface area contributed by atoms with Gasteiger partial charge in [-0.2, -0.15) is 0 Å². The molecule has 0 amide bonds. The molecule has 0 saturated carbocycles. The van der Waals surface area contributed by atoms with E-state index in [4.69, 9.17) is 9.73 Å². The number of nitrogens with zero attached hydrogens (tertiary/aromatic N) is 3. The van der Waals surface area contributed by atoms with Gasteiger partial charge in [-0.05, 0) is 52.9 Å². The van der Waals surface area contributed by atoms with Gasteiger partial charge in [-0.3, -0.25) is 4.99 Å². The minimum absolute atomic E-state index is 0.779. The van der Waals surface area contributed by atoms with Gasteiger partial charge in [0.1, 0.15) is 0 Å². The zero-order valence-electron chi connectivity index (χ0n) is 16.1. The van der Waals surface area contributed by atoms with Crippen LogP contribution < -0.4 is 10.6 Å². The van der Waals surface area contributed by atoms with Gasteiger partial charge in [0.2, 0.25) is 0 Å². The van der Waals surface area contributed by atoms with Gasteiger partial charge in [-0.1, -0.05) is 12.8 Å². The summed E-state index contributed by atoms with van der Waals surface area (Å²) in [6.07, 6.45) is 6.68. The number of methoxy groups -OCH3 is 1. The van der Waals surface area contributed by atoms with Crippen LogP contribution >= 0.6 is 0 Å². The third kappa shape index (κ3) is 10.8. The normalized spacial score (nSPS) is 17.1. The van der Waals surface area contributed by atoms with Crippen molar-refractivity contribution in [3.8, 4) is 0 Å².